The van der Waals surface area contributed by atoms with Crippen LogP contribution in [0.1, 0.15) is 5.56 Å². The maximum Gasteiger partial charge on any atom is 0.261 e. The Morgan fingerprint density at radius 1 is 1.20 bits per heavy atom. The van der Waals surface area contributed by atoms with Gasteiger partial charge in [-0.2, -0.15) is 5.26 Å². The molecule has 0 aliphatic rings. The summed E-state index contributed by atoms with van der Waals surface area (Å²) in [6.07, 6.45) is 0. The molecule has 0 aliphatic carbocycles. The molecule has 1 N–H and O–H groups in total. The minimum Gasteiger partial charge on any atom is -0.278 e. The highest BCUT2D eigenvalue weighted by atomic mass is 35.5. The summed E-state index contributed by atoms with van der Waals surface area (Å²) < 4.78 is 39.4. The van der Waals surface area contributed by atoms with Crippen LogP contribution in [0.3, 0.4) is 0 Å². The lowest BCUT2D eigenvalue weighted by Crippen LogP contribution is -2.13. The van der Waals surface area contributed by atoms with Crippen molar-refractivity contribution in [3.63, 3.8) is 0 Å². The van der Waals surface area contributed by atoms with Gasteiger partial charge in [-0.25, -0.2) is 12.8 Å². The Morgan fingerprint density at radius 2 is 1.95 bits per heavy atom. The molecule has 2 aromatic rings. The van der Waals surface area contributed by atoms with Crippen molar-refractivity contribution in [1.29, 1.82) is 5.26 Å². The predicted molar refractivity (Wildman–Crippen MR) is 73.4 cm³/mol. The number of nitriles is 1. The summed E-state index contributed by atoms with van der Waals surface area (Å²) in [5.74, 6) is -0.565. The first-order valence-corrected chi connectivity index (χ1v) is 7.26. The lowest BCUT2D eigenvalue weighted by Gasteiger charge is -2.09. The van der Waals surface area contributed by atoms with Crippen molar-refractivity contribution in [1.82, 2.24) is 0 Å². The average molecular weight is 311 g/mol. The quantitative estimate of drug-likeness (QED) is 0.946. The molecule has 0 bridgehead atoms. The zero-order chi connectivity index (χ0) is 14.8. The van der Waals surface area contributed by atoms with Crippen LogP contribution in [0.5, 0.6) is 0 Å². The fourth-order valence-corrected chi connectivity index (χ4v) is 2.90. The van der Waals surface area contributed by atoms with Crippen LogP contribution >= 0.6 is 11.6 Å². The molecule has 2 rings (SSSR count). The number of anilines is 1. The molecule has 2 aromatic carbocycles. The van der Waals surface area contributed by atoms with E-state index in [1.54, 1.807) is 0 Å². The number of nitrogens with one attached hydrogen (secondary N) is 1. The van der Waals surface area contributed by atoms with Gasteiger partial charge in [-0.15, -0.1) is 0 Å². The van der Waals surface area contributed by atoms with Crippen LogP contribution < -0.4 is 4.72 Å². The van der Waals surface area contributed by atoms with E-state index >= 15 is 0 Å². The molecule has 7 heteroatoms. The fraction of sp³-hybridized carbons (Fsp3) is 0. The summed E-state index contributed by atoms with van der Waals surface area (Å²) in [6, 6.07) is 10.7. The van der Waals surface area contributed by atoms with E-state index in [0.29, 0.717) is 0 Å². The Bertz CT molecular complexity index is 800. The molecule has 0 aliphatic heterocycles. The molecule has 0 saturated heterocycles. The van der Waals surface area contributed by atoms with Crippen molar-refractivity contribution < 1.29 is 12.8 Å². The zero-order valence-corrected chi connectivity index (χ0v) is 11.5. The number of hydrogen-bond acceptors (Lipinski definition) is 3. The maximum atomic E-state index is 12.9. The highest BCUT2D eigenvalue weighted by molar-refractivity contribution is 7.92. The number of sulfonamides is 1. The van der Waals surface area contributed by atoms with Crippen LogP contribution in [0.2, 0.25) is 5.02 Å². The van der Waals surface area contributed by atoms with Gasteiger partial charge in [0.2, 0.25) is 0 Å². The number of rotatable bonds is 3. The standard InChI is InChI=1S/C13H8ClFN2O2S/c14-12-7-10(15)4-5-13(12)17-20(18,19)11-3-1-2-9(6-11)8-16/h1-7,17H. The van der Waals surface area contributed by atoms with Crippen molar-refractivity contribution in [2.45, 2.75) is 4.90 Å². The number of hydrogen-bond donors (Lipinski definition) is 1. The Kier molecular flexibility index (Phi) is 3.93. The third kappa shape index (κ3) is 3.07. The lowest BCUT2D eigenvalue weighted by molar-refractivity contribution is 0.601. The molecular weight excluding hydrogens is 303 g/mol. The third-order valence-corrected chi connectivity index (χ3v) is 4.12. The van der Waals surface area contributed by atoms with Crippen molar-refractivity contribution in [2.24, 2.45) is 0 Å². The minimum atomic E-state index is -3.89. The minimum absolute atomic E-state index is 0.0509. The monoisotopic (exact) mass is 310 g/mol. The highest BCUT2D eigenvalue weighted by Crippen LogP contribution is 2.25. The Morgan fingerprint density at radius 3 is 2.60 bits per heavy atom. The van der Waals surface area contributed by atoms with Gasteiger partial charge in [-0.1, -0.05) is 17.7 Å². The summed E-state index contributed by atoms with van der Waals surface area (Å²) in [6.45, 7) is 0. The van der Waals surface area contributed by atoms with Crippen molar-refractivity contribution in [2.75, 3.05) is 4.72 Å². The van der Waals surface area contributed by atoms with Gasteiger partial charge in [0.05, 0.1) is 27.2 Å². The Labute approximate surface area is 120 Å². The first-order valence-electron chi connectivity index (χ1n) is 5.40. The van der Waals surface area contributed by atoms with Gasteiger partial charge in [-0.05, 0) is 36.4 Å². The molecule has 102 valence electrons. The van der Waals surface area contributed by atoms with Crippen LogP contribution in [0.4, 0.5) is 10.1 Å². The van der Waals surface area contributed by atoms with E-state index in [4.69, 9.17) is 16.9 Å². The van der Waals surface area contributed by atoms with E-state index in [-0.39, 0.29) is 21.2 Å². The van der Waals surface area contributed by atoms with Gasteiger partial charge < -0.3 is 0 Å². The van der Waals surface area contributed by atoms with Gasteiger partial charge in [-0.3, -0.25) is 4.72 Å². The first kappa shape index (κ1) is 14.3. The van der Waals surface area contributed by atoms with Gasteiger partial charge in [0.15, 0.2) is 0 Å². The normalized spacial score (nSPS) is 10.8. The molecule has 0 heterocycles. The summed E-state index contributed by atoms with van der Waals surface area (Å²) in [5, 5.41) is 8.71. The molecular formula is C13H8ClFN2O2S. The molecule has 0 spiro atoms. The second-order valence-electron chi connectivity index (χ2n) is 3.87. The van der Waals surface area contributed by atoms with Gasteiger partial charge in [0.1, 0.15) is 5.82 Å². The molecule has 0 atom stereocenters. The van der Waals surface area contributed by atoms with Crippen LogP contribution in [0.25, 0.3) is 0 Å². The number of nitrogens with zero attached hydrogens (tertiary/aromatic N) is 1. The van der Waals surface area contributed by atoms with Gasteiger partial charge >= 0.3 is 0 Å². The number of benzene rings is 2. The van der Waals surface area contributed by atoms with Crippen LogP contribution in [-0.4, -0.2) is 8.42 Å². The Balaban J connectivity index is 2.38. The topological polar surface area (TPSA) is 70.0 Å². The molecule has 0 aromatic heterocycles. The third-order valence-electron chi connectivity index (χ3n) is 2.45. The van der Waals surface area contributed by atoms with Gasteiger partial charge in [0, 0.05) is 0 Å². The van der Waals surface area contributed by atoms with Crippen molar-refractivity contribution in [3.8, 4) is 6.07 Å². The second-order valence-corrected chi connectivity index (χ2v) is 5.96. The van der Waals surface area contributed by atoms with E-state index in [1.807, 2.05) is 6.07 Å². The summed E-state index contributed by atoms with van der Waals surface area (Å²) in [5.41, 5.74) is 0.286. The van der Waals surface area contributed by atoms with Crippen molar-refractivity contribution >= 4 is 27.3 Å². The molecule has 0 unspecified atom stereocenters. The van der Waals surface area contributed by atoms with E-state index in [9.17, 15) is 12.8 Å². The smallest absolute Gasteiger partial charge is 0.261 e. The van der Waals surface area contributed by atoms with E-state index in [1.165, 1.54) is 30.3 Å². The predicted octanol–water partition coefficient (Wildman–Crippen LogP) is 3.15. The largest absolute Gasteiger partial charge is 0.278 e. The van der Waals surface area contributed by atoms with Gasteiger partial charge in [0.25, 0.3) is 10.0 Å². The first-order chi connectivity index (χ1) is 9.42. The molecule has 0 radical (unpaired) electrons. The second kappa shape index (κ2) is 5.49. The van der Waals surface area contributed by atoms with Crippen LogP contribution in [0, 0.1) is 17.1 Å². The summed E-state index contributed by atoms with van der Waals surface area (Å²) >= 11 is 5.76. The van der Waals surface area contributed by atoms with E-state index in [2.05, 4.69) is 4.72 Å². The molecule has 4 nitrogen and oxygen atoms in total. The lowest BCUT2D eigenvalue weighted by atomic mass is 10.2. The SMILES string of the molecule is N#Cc1cccc(S(=O)(=O)Nc2ccc(F)cc2Cl)c1. The molecule has 0 amide bonds. The van der Waals surface area contributed by atoms with Crippen LogP contribution in [-0.2, 0) is 10.0 Å². The molecule has 0 saturated carbocycles. The molecule has 0 fully saturated rings. The average Bonchev–Trinajstić information content (AvgIpc) is 2.42. The number of halogens is 2. The maximum absolute atomic E-state index is 12.9. The van der Waals surface area contributed by atoms with E-state index < -0.39 is 15.8 Å². The highest BCUT2D eigenvalue weighted by Gasteiger charge is 2.16. The zero-order valence-electron chi connectivity index (χ0n) is 9.97. The summed E-state index contributed by atoms with van der Waals surface area (Å²) in [7, 11) is -3.89. The van der Waals surface area contributed by atoms with E-state index in [0.717, 1.165) is 12.1 Å². The van der Waals surface area contributed by atoms with Crippen molar-refractivity contribution in [3.05, 3.63) is 58.9 Å². The fourth-order valence-electron chi connectivity index (χ4n) is 1.51. The molecule has 20 heavy (non-hydrogen) atoms. The Hall–Kier alpha value is -2.10. The summed E-state index contributed by atoms with van der Waals surface area (Å²) in [4.78, 5) is -0.0723. The van der Waals surface area contributed by atoms with Crippen LogP contribution in [0.15, 0.2) is 47.4 Å².